The van der Waals surface area contributed by atoms with Crippen LogP contribution in [0.1, 0.15) is 0 Å². The Morgan fingerprint density at radius 1 is 1.07 bits per heavy atom. The van der Waals surface area contributed by atoms with Gasteiger partial charge in [0.25, 0.3) is 0 Å². The van der Waals surface area contributed by atoms with E-state index in [1.807, 2.05) is 31.5 Å². The van der Waals surface area contributed by atoms with Crippen LogP contribution in [-0.4, -0.2) is 25.1 Å². The molecule has 63 valence electrons. The number of hydrogen-bond donors (Lipinski definition) is 0. The van der Waals surface area contributed by atoms with Gasteiger partial charge in [-0.25, -0.2) is 0 Å². The minimum absolute atomic E-state index is 0.678. The molecule has 2 aromatic rings. The van der Waals surface area contributed by atoms with Gasteiger partial charge in [0.1, 0.15) is 7.85 Å². The lowest BCUT2D eigenvalue weighted by Gasteiger charge is -1.99. The van der Waals surface area contributed by atoms with E-state index in [4.69, 9.17) is 7.85 Å². The van der Waals surface area contributed by atoms with Crippen LogP contribution in [-0.2, 0) is 0 Å². The zero-order chi connectivity index (χ0) is 9.80. The van der Waals surface area contributed by atoms with Gasteiger partial charge in [-0.3, -0.25) is 9.97 Å². The maximum atomic E-state index is 5.53. The Labute approximate surface area is 85.1 Å². The summed E-state index contributed by atoms with van der Waals surface area (Å²) in [4.78, 5) is 8.11. The molecule has 2 heterocycles. The summed E-state index contributed by atoms with van der Waals surface area (Å²) >= 11 is 0. The summed E-state index contributed by atoms with van der Waals surface area (Å²) in [6.45, 7) is 0. The lowest BCUT2D eigenvalue weighted by atomic mass is 9.67. The van der Waals surface area contributed by atoms with E-state index in [2.05, 4.69) is 9.97 Å². The van der Waals surface area contributed by atoms with Crippen molar-refractivity contribution in [2.24, 2.45) is 0 Å². The molecular formula is C10H7B2N2. The zero-order valence-electron chi connectivity index (χ0n) is 7.59. The lowest BCUT2D eigenvalue weighted by Crippen LogP contribution is -2.30. The van der Waals surface area contributed by atoms with Crippen molar-refractivity contribution >= 4 is 31.6 Å². The summed E-state index contributed by atoms with van der Waals surface area (Å²) in [6.07, 6.45) is 5.15. The summed E-state index contributed by atoms with van der Waals surface area (Å²) in [5.74, 6) is 0. The molecule has 3 radical (unpaired) electrons. The van der Waals surface area contributed by atoms with Gasteiger partial charge < -0.3 is 0 Å². The predicted molar refractivity (Wildman–Crippen MR) is 58.9 cm³/mol. The number of rotatable bonds is 2. The first-order valence-corrected chi connectivity index (χ1v) is 4.31. The van der Waals surface area contributed by atoms with Crippen LogP contribution in [0, 0.1) is 0 Å². The molecule has 0 saturated carbocycles. The first-order chi connectivity index (χ1) is 6.84. The van der Waals surface area contributed by atoms with E-state index in [9.17, 15) is 0 Å². The van der Waals surface area contributed by atoms with E-state index in [1.165, 1.54) is 0 Å². The molecule has 0 N–H and O–H groups in total. The second-order valence-electron chi connectivity index (χ2n) is 2.94. The van der Waals surface area contributed by atoms with Crippen molar-refractivity contribution in [2.45, 2.75) is 0 Å². The lowest BCUT2D eigenvalue weighted by molar-refractivity contribution is 1.34. The molecule has 2 rings (SSSR count). The zero-order valence-corrected chi connectivity index (χ0v) is 7.59. The minimum atomic E-state index is 0.678. The highest BCUT2D eigenvalue weighted by Crippen LogP contribution is 1.77. The van der Waals surface area contributed by atoms with Crippen molar-refractivity contribution in [3.8, 4) is 0 Å². The van der Waals surface area contributed by atoms with Gasteiger partial charge in [0.2, 0.25) is 7.28 Å². The van der Waals surface area contributed by atoms with Gasteiger partial charge in [0.15, 0.2) is 0 Å². The van der Waals surface area contributed by atoms with Crippen LogP contribution in [0.2, 0.25) is 0 Å². The summed E-state index contributed by atoms with van der Waals surface area (Å²) in [7, 11) is 7.51. The molecule has 0 bridgehead atoms. The third-order valence-corrected chi connectivity index (χ3v) is 1.83. The topological polar surface area (TPSA) is 25.8 Å². The van der Waals surface area contributed by atoms with Crippen LogP contribution < -0.4 is 16.5 Å². The Balaban J connectivity index is 2.16. The Morgan fingerprint density at radius 2 is 1.86 bits per heavy atom. The van der Waals surface area contributed by atoms with Gasteiger partial charge >= 0.3 is 0 Å². The molecule has 14 heavy (non-hydrogen) atoms. The highest BCUT2D eigenvalue weighted by molar-refractivity contribution is 6.66. The van der Waals surface area contributed by atoms with E-state index in [0.717, 1.165) is 11.1 Å². The molecule has 2 aromatic heterocycles. The molecule has 0 saturated heterocycles. The fourth-order valence-corrected chi connectivity index (χ4v) is 1.13. The van der Waals surface area contributed by atoms with Gasteiger partial charge in [0, 0.05) is 24.2 Å². The number of aromatic nitrogens is 2. The fraction of sp³-hybridized carbons (Fsp3) is 0. The van der Waals surface area contributed by atoms with E-state index in [1.54, 1.807) is 18.6 Å². The van der Waals surface area contributed by atoms with Crippen molar-refractivity contribution in [1.29, 1.82) is 0 Å². The van der Waals surface area contributed by atoms with Crippen molar-refractivity contribution < 1.29 is 0 Å². The molecule has 4 heteroatoms. The molecule has 0 aliphatic rings. The third kappa shape index (κ3) is 2.22. The van der Waals surface area contributed by atoms with Crippen LogP contribution in [0.15, 0.2) is 42.9 Å². The average molecular weight is 177 g/mol. The Hall–Kier alpha value is -1.57. The smallest absolute Gasteiger partial charge is 0.217 e. The molecular weight excluding hydrogens is 170 g/mol. The van der Waals surface area contributed by atoms with Crippen LogP contribution in [0.4, 0.5) is 0 Å². The minimum Gasteiger partial charge on any atom is -0.272 e. The number of hydrogen-bond acceptors (Lipinski definition) is 2. The van der Waals surface area contributed by atoms with E-state index >= 15 is 0 Å². The van der Waals surface area contributed by atoms with Gasteiger partial charge in [-0.05, 0) is 12.1 Å². The van der Waals surface area contributed by atoms with Gasteiger partial charge in [-0.2, -0.15) is 0 Å². The summed E-state index contributed by atoms with van der Waals surface area (Å²) in [5, 5.41) is 0. The first kappa shape index (κ1) is 9.00. The SMILES string of the molecule is [B]c1ccc([B]c2ccncc2)nc1. The molecule has 0 aromatic carbocycles. The molecule has 0 unspecified atom stereocenters. The molecule has 0 aliphatic carbocycles. The van der Waals surface area contributed by atoms with Crippen LogP contribution in [0.5, 0.6) is 0 Å². The molecule has 0 atom stereocenters. The number of pyridine rings is 2. The second-order valence-corrected chi connectivity index (χ2v) is 2.94. The summed E-state index contributed by atoms with van der Waals surface area (Å²) < 4.78 is 0. The van der Waals surface area contributed by atoms with Crippen LogP contribution in [0.25, 0.3) is 0 Å². The molecule has 0 aliphatic heterocycles. The van der Waals surface area contributed by atoms with Crippen LogP contribution in [0.3, 0.4) is 0 Å². The standard InChI is InChI=1S/C10H7B2N2/c11-8-1-2-10(14-7-8)12-9-3-5-13-6-4-9/h1-7H. The highest BCUT2D eigenvalue weighted by Gasteiger charge is 1.98. The predicted octanol–water partition coefficient (Wildman–Crippen LogP) is -1.07. The third-order valence-electron chi connectivity index (χ3n) is 1.83. The van der Waals surface area contributed by atoms with Gasteiger partial charge in [-0.1, -0.05) is 23.1 Å². The first-order valence-electron chi connectivity index (χ1n) is 4.31. The van der Waals surface area contributed by atoms with Crippen molar-refractivity contribution in [1.82, 2.24) is 9.97 Å². The maximum absolute atomic E-state index is 5.53. The van der Waals surface area contributed by atoms with Crippen molar-refractivity contribution in [3.63, 3.8) is 0 Å². The Bertz CT molecular complexity index is 400. The Kier molecular flexibility index (Phi) is 2.63. The van der Waals surface area contributed by atoms with Crippen LogP contribution >= 0.6 is 0 Å². The maximum Gasteiger partial charge on any atom is 0.217 e. The highest BCUT2D eigenvalue weighted by atomic mass is 14.6. The van der Waals surface area contributed by atoms with Gasteiger partial charge in [0.05, 0.1) is 0 Å². The van der Waals surface area contributed by atoms with Gasteiger partial charge in [-0.15, -0.1) is 0 Å². The average Bonchev–Trinajstić information content (AvgIpc) is 2.23. The number of nitrogens with zero attached hydrogens (tertiary/aromatic N) is 2. The molecule has 0 amide bonds. The van der Waals surface area contributed by atoms with Crippen molar-refractivity contribution in [3.05, 3.63) is 42.9 Å². The normalized spacial score (nSPS) is 9.71. The Morgan fingerprint density at radius 3 is 2.50 bits per heavy atom. The molecule has 0 spiro atoms. The second kappa shape index (κ2) is 4.09. The van der Waals surface area contributed by atoms with E-state index in [0.29, 0.717) is 5.46 Å². The van der Waals surface area contributed by atoms with E-state index < -0.39 is 0 Å². The monoisotopic (exact) mass is 177 g/mol. The fourth-order valence-electron chi connectivity index (χ4n) is 1.13. The summed E-state index contributed by atoms with van der Waals surface area (Å²) in [6, 6.07) is 7.58. The van der Waals surface area contributed by atoms with Crippen molar-refractivity contribution in [2.75, 3.05) is 0 Å². The largest absolute Gasteiger partial charge is 0.272 e. The van der Waals surface area contributed by atoms with E-state index in [-0.39, 0.29) is 0 Å². The molecule has 2 nitrogen and oxygen atoms in total. The summed E-state index contributed by atoms with van der Waals surface area (Å²) in [5.41, 5.74) is 2.65. The quantitative estimate of drug-likeness (QED) is 0.545. The molecule has 0 fully saturated rings.